The van der Waals surface area contributed by atoms with E-state index >= 15 is 0 Å². The first-order chi connectivity index (χ1) is 14.4. The van der Waals surface area contributed by atoms with E-state index in [0.717, 1.165) is 4.90 Å². The maximum absolute atomic E-state index is 11.8. The van der Waals surface area contributed by atoms with Crippen LogP contribution in [0.25, 0.3) is 11.2 Å². The van der Waals surface area contributed by atoms with Gasteiger partial charge in [-0.3, -0.25) is 0 Å². The van der Waals surface area contributed by atoms with Gasteiger partial charge in [0, 0.05) is 29.6 Å². The minimum Gasteiger partial charge on any atom is -0.454 e. The number of nitrogens with one attached hydrogen (secondary N) is 1. The number of imidazole rings is 1. The summed E-state index contributed by atoms with van der Waals surface area (Å²) >= 11 is 1.30. The number of nitrogens with two attached hydrogens (primary N) is 1. The van der Waals surface area contributed by atoms with Gasteiger partial charge in [-0.15, -0.1) is 6.42 Å². The number of benzene rings is 1. The van der Waals surface area contributed by atoms with Crippen molar-refractivity contribution < 1.29 is 17.9 Å². The Labute approximate surface area is 177 Å². The van der Waals surface area contributed by atoms with Gasteiger partial charge in [0.2, 0.25) is 16.8 Å². The van der Waals surface area contributed by atoms with E-state index in [2.05, 4.69) is 25.6 Å². The largest absolute Gasteiger partial charge is 0.454 e. The second-order valence-corrected chi connectivity index (χ2v) is 9.33. The maximum Gasteiger partial charge on any atom is 0.231 e. The number of sulfonamides is 1. The summed E-state index contributed by atoms with van der Waals surface area (Å²) in [5.41, 5.74) is 7.52. The van der Waals surface area contributed by atoms with Crippen LogP contribution in [0.5, 0.6) is 11.5 Å². The number of terminal acetylenes is 1. The van der Waals surface area contributed by atoms with Gasteiger partial charge in [-0.2, -0.15) is 0 Å². The fraction of sp³-hybridized carbons (Fsp3) is 0.278. The van der Waals surface area contributed by atoms with Crippen LogP contribution in [0.3, 0.4) is 0 Å². The van der Waals surface area contributed by atoms with Crippen molar-refractivity contribution in [1.82, 2.24) is 24.2 Å². The molecule has 0 radical (unpaired) electrons. The van der Waals surface area contributed by atoms with Crippen molar-refractivity contribution in [2.45, 2.75) is 23.5 Å². The molecule has 0 saturated carbocycles. The summed E-state index contributed by atoms with van der Waals surface area (Å²) in [5, 5.41) is 0.545. The summed E-state index contributed by atoms with van der Waals surface area (Å²) in [6, 6.07) is 3.53. The van der Waals surface area contributed by atoms with Gasteiger partial charge in [-0.1, -0.05) is 17.7 Å². The van der Waals surface area contributed by atoms with Gasteiger partial charge in [-0.05, 0) is 13.0 Å². The summed E-state index contributed by atoms with van der Waals surface area (Å²) in [6.07, 6.45) is 7.01. The zero-order valence-corrected chi connectivity index (χ0v) is 17.6. The second kappa shape index (κ2) is 8.02. The summed E-state index contributed by atoms with van der Waals surface area (Å²) in [5.74, 6) is 4.05. The molecule has 1 aliphatic heterocycles. The highest BCUT2D eigenvalue weighted by Gasteiger charge is 2.21. The predicted octanol–water partition coefficient (Wildman–Crippen LogP) is 1.21. The second-order valence-electron chi connectivity index (χ2n) is 6.22. The molecule has 10 nitrogen and oxygen atoms in total. The molecule has 0 fully saturated rings. The van der Waals surface area contributed by atoms with Crippen LogP contribution in [0, 0.1) is 12.3 Å². The Morgan fingerprint density at radius 3 is 2.83 bits per heavy atom. The quantitative estimate of drug-likeness (QED) is 0.514. The van der Waals surface area contributed by atoms with Gasteiger partial charge >= 0.3 is 0 Å². The van der Waals surface area contributed by atoms with Crippen LogP contribution in [0.2, 0.25) is 0 Å². The third-order valence-corrected chi connectivity index (χ3v) is 6.85. The van der Waals surface area contributed by atoms with E-state index < -0.39 is 10.0 Å². The SMILES string of the molecule is C#Cc1cc2c(cc1Sc1nc3c(N)ncnc3n1CCNS(=O)(=O)CC)OCO2. The van der Waals surface area contributed by atoms with E-state index in [4.69, 9.17) is 21.6 Å². The van der Waals surface area contributed by atoms with Crippen LogP contribution in [-0.4, -0.2) is 47.0 Å². The lowest BCUT2D eigenvalue weighted by molar-refractivity contribution is 0.174. The molecule has 1 aliphatic rings. The number of anilines is 1. The van der Waals surface area contributed by atoms with E-state index in [1.54, 1.807) is 23.6 Å². The maximum atomic E-state index is 11.8. The Hall–Kier alpha value is -3.01. The standard InChI is InChI=1S/C18H18N6O4S2/c1-3-11-7-12-13(28-10-27-12)8-14(11)29-18-23-15-16(19)20-9-21-17(15)24(18)6-5-22-30(25,26)4-2/h1,7-9,22H,4-6,10H2,2H3,(H2,19,20,21). The molecule has 156 valence electrons. The molecule has 2 aromatic heterocycles. The van der Waals surface area contributed by atoms with Gasteiger partial charge in [0.25, 0.3) is 0 Å². The van der Waals surface area contributed by atoms with Crippen LogP contribution in [0.15, 0.2) is 28.5 Å². The molecule has 0 spiro atoms. The molecular weight excluding hydrogens is 428 g/mol. The van der Waals surface area contributed by atoms with Crippen LogP contribution in [0.1, 0.15) is 12.5 Å². The summed E-state index contributed by atoms with van der Waals surface area (Å²) in [7, 11) is -3.33. The molecule has 0 amide bonds. The summed E-state index contributed by atoms with van der Waals surface area (Å²) in [6.45, 7) is 2.17. The number of nitrogens with zero attached hydrogens (tertiary/aromatic N) is 4. The zero-order valence-electron chi connectivity index (χ0n) is 16.0. The first-order valence-electron chi connectivity index (χ1n) is 8.94. The fourth-order valence-corrected chi connectivity index (χ4v) is 4.47. The van der Waals surface area contributed by atoms with Crippen molar-refractivity contribution in [3.05, 3.63) is 24.0 Å². The zero-order chi connectivity index (χ0) is 21.3. The van der Waals surface area contributed by atoms with Crippen LogP contribution in [-0.2, 0) is 16.6 Å². The molecule has 3 heterocycles. The Morgan fingerprint density at radius 1 is 1.33 bits per heavy atom. The van der Waals surface area contributed by atoms with Crippen molar-refractivity contribution in [3.63, 3.8) is 0 Å². The molecule has 0 saturated heterocycles. The average Bonchev–Trinajstić information content (AvgIpc) is 3.32. The Balaban J connectivity index is 1.72. The topological polar surface area (TPSA) is 134 Å². The number of rotatable bonds is 7. The lowest BCUT2D eigenvalue weighted by Crippen LogP contribution is -2.28. The van der Waals surface area contributed by atoms with Gasteiger partial charge in [0.15, 0.2) is 33.6 Å². The van der Waals surface area contributed by atoms with Gasteiger partial charge in [-0.25, -0.2) is 28.1 Å². The molecule has 1 aromatic carbocycles. The number of hydrogen-bond donors (Lipinski definition) is 2. The third-order valence-electron chi connectivity index (χ3n) is 4.39. The summed E-state index contributed by atoms with van der Waals surface area (Å²) in [4.78, 5) is 13.6. The lowest BCUT2D eigenvalue weighted by atomic mass is 10.2. The Bertz CT molecular complexity index is 1270. The van der Waals surface area contributed by atoms with Crippen molar-refractivity contribution >= 4 is 38.8 Å². The minimum atomic E-state index is -3.33. The van der Waals surface area contributed by atoms with Gasteiger partial charge in [0.1, 0.15) is 6.33 Å². The molecule has 12 heteroatoms. The number of ether oxygens (including phenoxy) is 2. The van der Waals surface area contributed by atoms with E-state index in [1.165, 1.54) is 18.1 Å². The molecule has 3 N–H and O–H groups in total. The number of fused-ring (bicyclic) bond motifs is 2. The average molecular weight is 447 g/mol. The molecule has 0 aliphatic carbocycles. The van der Waals surface area contributed by atoms with E-state index in [1.807, 2.05) is 0 Å². The van der Waals surface area contributed by atoms with Gasteiger partial charge in [0.05, 0.1) is 5.75 Å². The number of nitrogen functional groups attached to an aromatic ring is 1. The smallest absolute Gasteiger partial charge is 0.231 e. The summed E-state index contributed by atoms with van der Waals surface area (Å²) < 4.78 is 38.7. The minimum absolute atomic E-state index is 0.00285. The highest BCUT2D eigenvalue weighted by Crippen LogP contribution is 2.40. The van der Waals surface area contributed by atoms with Crippen molar-refractivity contribution in [2.75, 3.05) is 24.8 Å². The number of aromatic nitrogens is 4. The van der Waals surface area contributed by atoms with Crippen molar-refractivity contribution in [2.24, 2.45) is 0 Å². The molecule has 4 rings (SSSR count). The van der Waals surface area contributed by atoms with Crippen LogP contribution >= 0.6 is 11.8 Å². The molecular formula is C18H18N6O4S2. The van der Waals surface area contributed by atoms with Gasteiger partial charge < -0.3 is 19.8 Å². The molecule has 0 unspecified atom stereocenters. The Morgan fingerprint density at radius 2 is 2.10 bits per heavy atom. The Kier molecular flexibility index (Phi) is 5.42. The van der Waals surface area contributed by atoms with E-state index in [0.29, 0.717) is 39.9 Å². The van der Waals surface area contributed by atoms with E-state index in [-0.39, 0.29) is 24.9 Å². The fourth-order valence-electron chi connectivity index (χ4n) is 2.85. The molecule has 3 aromatic rings. The van der Waals surface area contributed by atoms with Crippen LogP contribution in [0.4, 0.5) is 5.82 Å². The molecule has 0 atom stereocenters. The van der Waals surface area contributed by atoms with E-state index in [9.17, 15) is 8.42 Å². The molecule has 30 heavy (non-hydrogen) atoms. The molecule has 0 bridgehead atoms. The third kappa shape index (κ3) is 3.87. The van der Waals surface area contributed by atoms with Crippen LogP contribution < -0.4 is 19.9 Å². The first-order valence-corrected chi connectivity index (χ1v) is 11.4. The highest BCUT2D eigenvalue weighted by molar-refractivity contribution is 7.99. The normalized spacial score (nSPS) is 12.9. The lowest BCUT2D eigenvalue weighted by Gasteiger charge is -2.10. The monoisotopic (exact) mass is 446 g/mol. The van der Waals surface area contributed by atoms with Crippen molar-refractivity contribution in [3.8, 4) is 23.8 Å². The highest BCUT2D eigenvalue weighted by atomic mass is 32.2. The number of hydrogen-bond acceptors (Lipinski definition) is 9. The predicted molar refractivity (Wildman–Crippen MR) is 112 cm³/mol. The van der Waals surface area contributed by atoms with Crippen molar-refractivity contribution in [1.29, 1.82) is 0 Å². The first kappa shape index (κ1) is 20.3.